The van der Waals surface area contributed by atoms with Gasteiger partial charge in [0.25, 0.3) is 0 Å². The number of nitrogens with one attached hydrogen (secondary N) is 1. The van der Waals surface area contributed by atoms with Gasteiger partial charge in [0.1, 0.15) is 0 Å². The number of rotatable bonds is 9. The Morgan fingerprint density at radius 2 is 2.05 bits per heavy atom. The van der Waals surface area contributed by atoms with Crippen LogP contribution in [0.25, 0.3) is 0 Å². The van der Waals surface area contributed by atoms with Gasteiger partial charge in [-0.1, -0.05) is 47.0 Å². The van der Waals surface area contributed by atoms with E-state index in [0.29, 0.717) is 24.0 Å². The van der Waals surface area contributed by atoms with E-state index in [9.17, 15) is 5.11 Å². The third-order valence-electron chi connectivity index (χ3n) is 4.75. The van der Waals surface area contributed by atoms with Crippen LogP contribution in [0, 0.1) is 11.3 Å². The highest BCUT2D eigenvalue weighted by molar-refractivity contribution is 4.85. The van der Waals surface area contributed by atoms with Crippen LogP contribution in [-0.4, -0.2) is 48.8 Å². The first-order valence-corrected chi connectivity index (χ1v) is 9.06. The Morgan fingerprint density at radius 3 is 2.67 bits per heavy atom. The SMILES string of the molecule is CCCC(C)(CNCC(C)C)CN1CCCCCC1CO. The Labute approximate surface area is 132 Å². The highest BCUT2D eigenvalue weighted by atomic mass is 16.3. The van der Waals surface area contributed by atoms with Crippen molar-refractivity contribution < 1.29 is 5.11 Å². The van der Waals surface area contributed by atoms with Gasteiger partial charge < -0.3 is 10.4 Å². The maximum Gasteiger partial charge on any atom is 0.0586 e. The molecule has 0 aliphatic carbocycles. The minimum Gasteiger partial charge on any atom is -0.395 e. The summed E-state index contributed by atoms with van der Waals surface area (Å²) in [6.45, 7) is 14.0. The number of aliphatic hydroxyl groups is 1. The van der Waals surface area contributed by atoms with Crippen LogP contribution in [0.4, 0.5) is 0 Å². The molecule has 0 radical (unpaired) electrons. The average Bonchev–Trinajstić information content (AvgIpc) is 2.63. The predicted molar refractivity (Wildman–Crippen MR) is 91.6 cm³/mol. The summed E-state index contributed by atoms with van der Waals surface area (Å²) in [7, 11) is 0. The highest BCUT2D eigenvalue weighted by Gasteiger charge is 2.30. The molecule has 21 heavy (non-hydrogen) atoms. The molecule has 2 N–H and O–H groups in total. The van der Waals surface area contributed by atoms with Gasteiger partial charge in [-0.05, 0) is 43.7 Å². The molecule has 3 heteroatoms. The monoisotopic (exact) mass is 298 g/mol. The molecule has 0 saturated carbocycles. The Hall–Kier alpha value is -0.120. The lowest BCUT2D eigenvalue weighted by molar-refractivity contribution is 0.0753. The van der Waals surface area contributed by atoms with Crippen molar-refractivity contribution in [2.24, 2.45) is 11.3 Å². The Bertz CT molecular complexity index is 270. The van der Waals surface area contributed by atoms with E-state index < -0.39 is 0 Å². The molecule has 0 aromatic carbocycles. The largest absolute Gasteiger partial charge is 0.395 e. The minimum atomic E-state index is 0.321. The minimum absolute atomic E-state index is 0.321. The lowest BCUT2D eigenvalue weighted by Crippen LogP contribution is -2.47. The summed E-state index contributed by atoms with van der Waals surface area (Å²) in [6, 6.07) is 0.383. The molecular weight excluding hydrogens is 260 g/mol. The summed E-state index contributed by atoms with van der Waals surface area (Å²) in [4.78, 5) is 2.57. The number of aliphatic hydroxyl groups excluding tert-OH is 1. The van der Waals surface area contributed by atoms with E-state index in [-0.39, 0.29) is 0 Å². The number of hydrogen-bond acceptors (Lipinski definition) is 3. The van der Waals surface area contributed by atoms with Gasteiger partial charge in [0.05, 0.1) is 6.61 Å². The summed E-state index contributed by atoms with van der Waals surface area (Å²) < 4.78 is 0. The zero-order valence-corrected chi connectivity index (χ0v) is 14.8. The van der Waals surface area contributed by atoms with Gasteiger partial charge in [-0.3, -0.25) is 4.90 Å². The van der Waals surface area contributed by atoms with E-state index in [1.54, 1.807) is 0 Å². The summed E-state index contributed by atoms with van der Waals surface area (Å²) in [5, 5.41) is 13.4. The van der Waals surface area contributed by atoms with Crippen LogP contribution in [0.5, 0.6) is 0 Å². The first kappa shape index (κ1) is 18.9. The quantitative estimate of drug-likeness (QED) is 0.686. The maximum absolute atomic E-state index is 9.70. The van der Waals surface area contributed by atoms with Crippen LogP contribution < -0.4 is 5.32 Å². The van der Waals surface area contributed by atoms with Crippen molar-refractivity contribution in [1.82, 2.24) is 10.2 Å². The van der Waals surface area contributed by atoms with Crippen LogP contribution in [0.1, 0.15) is 66.2 Å². The molecule has 1 aliphatic rings. The lowest BCUT2D eigenvalue weighted by Gasteiger charge is -2.39. The fourth-order valence-corrected chi connectivity index (χ4v) is 3.63. The van der Waals surface area contributed by atoms with E-state index in [0.717, 1.165) is 32.6 Å². The van der Waals surface area contributed by atoms with Crippen molar-refractivity contribution in [3.8, 4) is 0 Å². The molecule has 1 heterocycles. The van der Waals surface area contributed by atoms with E-state index >= 15 is 0 Å². The average molecular weight is 299 g/mol. The van der Waals surface area contributed by atoms with E-state index in [1.165, 1.54) is 32.1 Å². The second kappa shape index (κ2) is 9.81. The second-order valence-corrected chi connectivity index (χ2v) is 7.74. The molecule has 1 saturated heterocycles. The third-order valence-corrected chi connectivity index (χ3v) is 4.75. The molecule has 0 amide bonds. The van der Waals surface area contributed by atoms with Crippen molar-refractivity contribution in [3.63, 3.8) is 0 Å². The number of nitrogens with zero attached hydrogens (tertiary/aromatic N) is 1. The standard InChI is InChI=1S/C18H38N2O/c1-5-10-18(4,14-19-12-16(2)3)15-20-11-8-6-7-9-17(20)13-21/h16-17,19,21H,5-15H2,1-4H3. The first-order valence-electron chi connectivity index (χ1n) is 9.06. The van der Waals surface area contributed by atoms with Gasteiger partial charge in [0, 0.05) is 19.1 Å². The maximum atomic E-state index is 9.70. The van der Waals surface area contributed by atoms with Crippen molar-refractivity contribution >= 4 is 0 Å². The molecule has 1 fully saturated rings. The molecule has 2 atom stereocenters. The normalized spacial score (nSPS) is 24.0. The smallest absolute Gasteiger partial charge is 0.0586 e. The summed E-state index contributed by atoms with van der Waals surface area (Å²) in [6.07, 6.45) is 7.54. The van der Waals surface area contributed by atoms with Gasteiger partial charge in [0.2, 0.25) is 0 Å². The third kappa shape index (κ3) is 7.12. The Morgan fingerprint density at radius 1 is 1.29 bits per heavy atom. The second-order valence-electron chi connectivity index (χ2n) is 7.74. The Kier molecular flexibility index (Phi) is 8.84. The van der Waals surface area contributed by atoms with Crippen molar-refractivity contribution in [2.75, 3.05) is 32.8 Å². The molecule has 0 aromatic heterocycles. The van der Waals surface area contributed by atoms with Crippen LogP contribution in [0.3, 0.4) is 0 Å². The van der Waals surface area contributed by atoms with Crippen molar-refractivity contribution in [1.29, 1.82) is 0 Å². The van der Waals surface area contributed by atoms with Crippen LogP contribution in [0.15, 0.2) is 0 Å². The van der Waals surface area contributed by atoms with Gasteiger partial charge in [-0.2, -0.15) is 0 Å². The van der Waals surface area contributed by atoms with E-state index in [4.69, 9.17) is 0 Å². The highest BCUT2D eigenvalue weighted by Crippen LogP contribution is 2.27. The zero-order chi connectivity index (χ0) is 15.7. The van der Waals surface area contributed by atoms with Crippen LogP contribution in [0.2, 0.25) is 0 Å². The molecular formula is C18H38N2O. The lowest BCUT2D eigenvalue weighted by atomic mass is 9.84. The molecule has 0 aromatic rings. The summed E-state index contributed by atoms with van der Waals surface area (Å²) >= 11 is 0. The molecule has 1 aliphatic heterocycles. The van der Waals surface area contributed by atoms with Crippen LogP contribution >= 0.6 is 0 Å². The molecule has 0 bridgehead atoms. The molecule has 2 unspecified atom stereocenters. The van der Waals surface area contributed by atoms with Gasteiger partial charge in [0.15, 0.2) is 0 Å². The topological polar surface area (TPSA) is 35.5 Å². The van der Waals surface area contributed by atoms with Gasteiger partial charge >= 0.3 is 0 Å². The fraction of sp³-hybridized carbons (Fsp3) is 1.00. The van der Waals surface area contributed by atoms with Gasteiger partial charge in [-0.15, -0.1) is 0 Å². The molecule has 1 rings (SSSR count). The predicted octanol–water partition coefficient (Wildman–Crippen LogP) is 3.28. The summed E-state index contributed by atoms with van der Waals surface area (Å²) in [5.41, 5.74) is 0.321. The zero-order valence-electron chi connectivity index (χ0n) is 14.8. The van der Waals surface area contributed by atoms with E-state index in [2.05, 4.69) is 37.9 Å². The number of likely N-dealkylation sites (tertiary alicyclic amines) is 1. The van der Waals surface area contributed by atoms with Crippen molar-refractivity contribution in [2.45, 2.75) is 72.3 Å². The molecule has 0 spiro atoms. The molecule has 3 nitrogen and oxygen atoms in total. The fourth-order valence-electron chi connectivity index (χ4n) is 3.63. The van der Waals surface area contributed by atoms with Gasteiger partial charge in [-0.25, -0.2) is 0 Å². The van der Waals surface area contributed by atoms with Crippen LogP contribution in [-0.2, 0) is 0 Å². The number of hydrogen-bond donors (Lipinski definition) is 2. The van der Waals surface area contributed by atoms with Crippen molar-refractivity contribution in [3.05, 3.63) is 0 Å². The summed E-state index contributed by atoms with van der Waals surface area (Å²) in [5.74, 6) is 0.708. The Balaban J connectivity index is 2.60. The first-order chi connectivity index (χ1) is 10.0. The van der Waals surface area contributed by atoms with E-state index in [1.807, 2.05) is 0 Å². The molecule has 126 valence electrons.